The Morgan fingerprint density at radius 2 is 1.70 bits per heavy atom. The van der Waals surface area contributed by atoms with E-state index >= 15 is 0 Å². The van der Waals surface area contributed by atoms with Gasteiger partial charge in [0.25, 0.3) is 0 Å². The number of nitrogens with zero attached hydrogens (tertiary/aromatic N) is 2. The van der Waals surface area contributed by atoms with Gasteiger partial charge in [-0.3, -0.25) is 0 Å². The van der Waals surface area contributed by atoms with Crippen molar-refractivity contribution in [2.24, 2.45) is 0 Å². The molecule has 0 aliphatic carbocycles. The van der Waals surface area contributed by atoms with Gasteiger partial charge in [0, 0.05) is 5.69 Å². The summed E-state index contributed by atoms with van der Waals surface area (Å²) in [5, 5.41) is 0.718. The van der Waals surface area contributed by atoms with Crippen LogP contribution in [-0.2, 0) is 0 Å². The zero-order valence-electron chi connectivity index (χ0n) is 11.0. The summed E-state index contributed by atoms with van der Waals surface area (Å²) in [6.45, 7) is 1.81. The van der Waals surface area contributed by atoms with Gasteiger partial charge < -0.3 is 16.2 Å². The number of rotatable bonds is 2. The molecule has 0 unspecified atom stereocenters. The van der Waals surface area contributed by atoms with E-state index < -0.39 is 0 Å². The maximum atomic E-state index is 5.98. The molecule has 3 rings (SSSR count). The molecule has 20 heavy (non-hydrogen) atoms. The first-order valence-electron chi connectivity index (χ1n) is 6.20. The molecular weight excluding hydrogens is 252 g/mol. The average molecular weight is 266 g/mol. The second kappa shape index (κ2) is 4.70. The fourth-order valence-electron chi connectivity index (χ4n) is 2.05. The summed E-state index contributed by atoms with van der Waals surface area (Å²) in [6.07, 6.45) is 0. The van der Waals surface area contributed by atoms with Gasteiger partial charge in [0.05, 0.1) is 10.9 Å². The summed E-state index contributed by atoms with van der Waals surface area (Å²) in [5.74, 6) is 2.37. The van der Waals surface area contributed by atoms with Crippen molar-refractivity contribution in [3.63, 3.8) is 0 Å². The first-order valence-corrected chi connectivity index (χ1v) is 6.20. The molecule has 0 radical (unpaired) electrons. The van der Waals surface area contributed by atoms with Crippen molar-refractivity contribution in [3.05, 3.63) is 48.3 Å². The number of aromatic nitrogens is 2. The molecule has 0 aliphatic rings. The van der Waals surface area contributed by atoms with Gasteiger partial charge in [-0.05, 0) is 43.3 Å². The first-order chi connectivity index (χ1) is 9.63. The predicted octanol–water partition coefficient (Wildman–Crippen LogP) is 2.89. The quantitative estimate of drug-likeness (QED) is 0.696. The highest BCUT2D eigenvalue weighted by molar-refractivity contribution is 5.93. The number of aryl methyl sites for hydroxylation is 1. The van der Waals surface area contributed by atoms with E-state index in [4.69, 9.17) is 16.2 Å². The highest BCUT2D eigenvalue weighted by atomic mass is 16.5. The Morgan fingerprint density at radius 3 is 2.45 bits per heavy atom. The number of nitrogen functional groups attached to an aromatic ring is 2. The normalized spacial score (nSPS) is 10.7. The molecule has 1 heterocycles. The summed E-state index contributed by atoms with van der Waals surface area (Å²) in [5.41, 5.74) is 13.1. The van der Waals surface area contributed by atoms with Gasteiger partial charge in [-0.25, -0.2) is 9.97 Å². The molecular formula is C15H14N4O. The van der Waals surface area contributed by atoms with Crippen LogP contribution in [0.5, 0.6) is 11.5 Å². The molecule has 1 aromatic heterocycles. The fraction of sp³-hybridized carbons (Fsp3) is 0.0667. The molecule has 0 aliphatic heterocycles. The maximum Gasteiger partial charge on any atom is 0.140 e. The summed E-state index contributed by atoms with van der Waals surface area (Å²) < 4.78 is 5.85. The van der Waals surface area contributed by atoms with Gasteiger partial charge >= 0.3 is 0 Å². The third kappa shape index (κ3) is 2.21. The molecule has 0 amide bonds. The molecule has 4 N–H and O–H groups in total. The summed E-state index contributed by atoms with van der Waals surface area (Å²) in [7, 11) is 0. The molecule has 3 aromatic rings. The van der Waals surface area contributed by atoms with Gasteiger partial charge in [-0.2, -0.15) is 0 Å². The summed E-state index contributed by atoms with van der Waals surface area (Å²) in [4.78, 5) is 8.55. The lowest BCUT2D eigenvalue weighted by Gasteiger charge is -2.10. The summed E-state index contributed by atoms with van der Waals surface area (Å²) >= 11 is 0. The Bertz CT molecular complexity index is 769. The van der Waals surface area contributed by atoms with Gasteiger partial charge in [0.1, 0.15) is 23.1 Å². The van der Waals surface area contributed by atoms with E-state index in [0.29, 0.717) is 28.8 Å². The smallest absolute Gasteiger partial charge is 0.140 e. The van der Waals surface area contributed by atoms with Gasteiger partial charge in [-0.1, -0.05) is 6.07 Å². The van der Waals surface area contributed by atoms with E-state index in [9.17, 15) is 0 Å². The molecule has 5 nitrogen and oxygen atoms in total. The highest BCUT2D eigenvalue weighted by Gasteiger charge is 2.09. The van der Waals surface area contributed by atoms with Crippen LogP contribution in [0.15, 0.2) is 42.5 Å². The topological polar surface area (TPSA) is 87.0 Å². The number of nitrogens with two attached hydrogens (primary N) is 2. The van der Waals surface area contributed by atoms with Crippen molar-refractivity contribution in [2.45, 2.75) is 6.92 Å². The Kier molecular flexibility index (Phi) is 2.87. The molecule has 2 aromatic carbocycles. The zero-order valence-corrected chi connectivity index (χ0v) is 11.0. The number of ether oxygens (including phenoxy) is 1. The first kappa shape index (κ1) is 12.2. The monoisotopic (exact) mass is 266 g/mol. The van der Waals surface area contributed by atoms with E-state index in [2.05, 4.69) is 9.97 Å². The second-order valence-corrected chi connectivity index (χ2v) is 4.48. The molecule has 0 fully saturated rings. The lowest BCUT2D eigenvalue weighted by molar-refractivity contribution is 0.488. The Labute approximate surface area is 116 Å². The minimum Gasteiger partial charge on any atom is -0.457 e. The van der Waals surface area contributed by atoms with E-state index in [0.717, 1.165) is 10.9 Å². The molecule has 0 atom stereocenters. The number of hydrogen-bond acceptors (Lipinski definition) is 5. The molecule has 100 valence electrons. The fourth-order valence-corrected chi connectivity index (χ4v) is 2.05. The molecule has 5 heteroatoms. The van der Waals surface area contributed by atoms with Crippen LogP contribution in [-0.4, -0.2) is 9.97 Å². The van der Waals surface area contributed by atoms with Crippen molar-refractivity contribution >= 4 is 22.4 Å². The molecule has 0 saturated carbocycles. The zero-order chi connectivity index (χ0) is 14.1. The van der Waals surface area contributed by atoms with E-state index in [1.807, 2.05) is 25.1 Å². The third-order valence-electron chi connectivity index (χ3n) is 2.93. The SMILES string of the molecule is Cc1nc(N)c2c(Oc3ccc(N)cc3)cccc2n1. The number of anilines is 2. The van der Waals surface area contributed by atoms with Crippen LogP contribution in [0.25, 0.3) is 10.9 Å². The van der Waals surface area contributed by atoms with Crippen molar-refractivity contribution in [2.75, 3.05) is 11.5 Å². The van der Waals surface area contributed by atoms with Crippen LogP contribution in [0.3, 0.4) is 0 Å². The number of fused-ring (bicyclic) bond motifs is 1. The van der Waals surface area contributed by atoms with Gasteiger partial charge in [0.2, 0.25) is 0 Å². The van der Waals surface area contributed by atoms with Crippen LogP contribution >= 0.6 is 0 Å². The largest absolute Gasteiger partial charge is 0.457 e. The van der Waals surface area contributed by atoms with Crippen LogP contribution in [0.1, 0.15) is 5.82 Å². The average Bonchev–Trinajstić information content (AvgIpc) is 2.41. The van der Waals surface area contributed by atoms with Crippen molar-refractivity contribution in [3.8, 4) is 11.5 Å². The van der Waals surface area contributed by atoms with E-state index in [-0.39, 0.29) is 0 Å². The van der Waals surface area contributed by atoms with Crippen LogP contribution in [0.4, 0.5) is 11.5 Å². The van der Waals surface area contributed by atoms with Crippen LogP contribution in [0.2, 0.25) is 0 Å². The van der Waals surface area contributed by atoms with E-state index in [1.165, 1.54) is 0 Å². The lowest BCUT2D eigenvalue weighted by Crippen LogP contribution is -1.99. The highest BCUT2D eigenvalue weighted by Crippen LogP contribution is 2.32. The van der Waals surface area contributed by atoms with Crippen molar-refractivity contribution in [1.29, 1.82) is 0 Å². The van der Waals surface area contributed by atoms with Crippen LogP contribution < -0.4 is 16.2 Å². The van der Waals surface area contributed by atoms with E-state index in [1.54, 1.807) is 24.3 Å². The Balaban J connectivity index is 2.09. The lowest BCUT2D eigenvalue weighted by atomic mass is 10.2. The maximum absolute atomic E-state index is 5.98. The summed E-state index contributed by atoms with van der Waals surface area (Å²) in [6, 6.07) is 12.8. The van der Waals surface area contributed by atoms with Gasteiger partial charge in [-0.15, -0.1) is 0 Å². The predicted molar refractivity (Wildman–Crippen MR) is 79.6 cm³/mol. The minimum atomic E-state index is 0.415. The molecule has 0 spiro atoms. The van der Waals surface area contributed by atoms with Crippen molar-refractivity contribution in [1.82, 2.24) is 9.97 Å². The standard InChI is InChI=1S/C15H14N4O/c1-9-18-12-3-2-4-13(14(12)15(17)19-9)20-11-7-5-10(16)6-8-11/h2-8H,16H2,1H3,(H2,17,18,19). The third-order valence-corrected chi connectivity index (χ3v) is 2.93. The minimum absolute atomic E-state index is 0.415. The second-order valence-electron chi connectivity index (χ2n) is 4.48. The Hall–Kier alpha value is -2.82. The van der Waals surface area contributed by atoms with Crippen molar-refractivity contribution < 1.29 is 4.74 Å². The van der Waals surface area contributed by atoms with Crippen LogP contribution in [0, 0.1) is 6.92 Å². The number of hydrogen-bond donors (Lipinski definition) is 2. The Morgan fingerprint density at radius 1 is 0.950 bits per heavy atom. The number of benzene rings is 2. The van der Waals surface area contributed by atoms with Gasteiger partial charge in [0.15, 0.2) is 0 Å². The molecule has 0 bridgehead atoms. The molecule has 0 saturated heterocycles.